The fraction of sp³-hybridized carbons (Fsp3) is 0.667. The number of aromatic nitrogens is 2. The largest absolute Gasteiger partial charge is 0.395 e. The van der Waals surface area contributed by atoms with Crippen molar-refractivity contribution in [3.63, 3.8) is 0 Å². The Balaban J connectivity index is 2.25. The van der Waals surface area contributed by atoms with Crippen LogP contribution in [0.25, 0.3) is 0 Å². The first-order valence-corrected chi connectivity index (χ1v) is 6.49. The van der Waals surface area contributed by atoms with Crippen LogP contribution >= 0.6 is 0 Å². The molecule has 1 fully saturated rings. The number of nitrogens with one attached hydrogen (secondary N) is 1. The van der Waals surface area contributed by atoms with Gasteiger partial charge in [0, 0.05) is 25.8 Å². The van der Waals surface area contributed by atoms with E-state index in [9.17, 15) is 5.11 Å². The molecule has 19 heavy (non-hydrogen) atoms. The van der Waals surface area contributed by atoms with Crippen LogP contribution < -0.4 is 16.2 Å². The van der Waals surface area contributed by atoms with Crippen molar-refractivity contribution in [2.45, 2.75) is 31.9 Å². The van der Waals surface area contributed by atoms with E-state index in [0.717, 1.165) is 18.7 Å². The second kappa shape index (κ2) is 6.65. The highest BCUT2D eigenvalue weighted by molar-refractivity contribution is 5.50. The predicted octanol–water partition coefficient (Wildman–Crippen LogP) is 0.260. The summed E-state index contributed by atoms with van der Waals surface area (Å²) in [4.78, 5) is 10.8. The number of rotatable bonds is 7. The van der Waals surface area contributed by atoms with Crippen LogP contribution in [-0.4, -0.2) is 41.4 Å². The van der Waals surface area contributed by atoms with Gasteiger partial charge in [-0.05, 0) is 19.3 Å². The summed E-state index contributed by atoms with van der Waals surface area (Å²) < 4.78 is 5.06. The van der Waals surface area contributed by atoms with Crippen LogP contribution in [0.2, 0.25) is 0 Å². The van der Waals surface area contributed by atoms with Crippen molar-refractivity contribution in [3.8, 4) is 0 Å². The van der Waals surface area contributed by atoms with E-state index in [2.05, 4.69) is 20.3 Å². The number of ether oxygens (including phenoxy) is 1. The molecule has 0 radical (unpaired) electrons. The summed E-state index contributed by atoms with van der Waals surface area (Å²) in [5.41, 5.74) is 2.54. The van der Waals surface area contributed by atoms with E-state index in [1.807, 2.05) is 0 Å². The molecule has 2 rings (SSSR count). The van der Waals surface area contributed by atoms with Crippen LogP contribution in [0.5, 0.6) is 0 Å². The van der Waals surface area contributed by atoms with Crippen LogP contribution in [-0.2, 0) is 11.3 Å². The molecule has 7 nitrogen and oxygen atoms in total. The summed E-state index contributed by atoms with van der Waals surface area (Å²) in [6.45, 7) is 1.00. The second-order valence-electron chi connectivity index (χ2n) is 4.61. The maximum absolute atomic E-state index is 9.22. The van der Waals surface area contributed by atoms with Crippen molar-refractivity contribution in [3.05, 3.63) is 11.9 Å². The third-order valence-electron chi connectivity index (χ3n) is 3.33. The quantitative estimate of drug-likeness (QED) is 0.481. The van der Waals surface area contributed by atoms with E-state index in [4.69, 9.17) is 10.6 Å². The first kappa shape index (κ1) is 14.0. The van der Waals surface area contributed by atoms with Gasteiger partial charge in [-0.2, -0.15) is 0 Å². The third kappa shape index (κ3) is 3.31. The summed E-state index contributed by atoms with van der Waals surface area (Å²) in [5.74, 6) is 7.35. The lowest BCUT2D eigenvalue weighted by atomic mass is 9.91. The molecule has 0 spiro atoms. The zero-order valence-electron chi connectivity index (χ0n) is 11.2. The van der Waals surface area contributed by atoms with Crippen molar-refractivity contribution in [2.24, 2.45) is 5.84 Å². The van der Waals surface area contributed by atoms with E-state index in [-0.39, 0.29) is 6.61 Å². The average molecular weight is 267 g/mol. The van der Waals surface area contributed by atoms with Crippen LogP contribution in [0.1, 0.15) is 25.1 Å². The molecule has 1 saturated carbocycles. The number of nitrogens with two attached hydrogens (primary N) is 1. The van der Waals surface area contributed by atoms with Gasteiger partial charge in [0.2, 0.25) is 0 Å². The Kier molecular flexibility index (Phi) is 4.89. The van der Waals surface area contributed by atoms with Crippen molar-refractivity contribution >= 4 is 11.6 Å². The van der Waals surface area contributed by atoms with Gasteiger partial charge in [0.05, 0.1) is 6.61 Å². The van der Waals surface area contributed by atoms with Crippen LogP contribution in [0.3, 0.4) is 0 Å². The SMILES string of the molecule is COCc1nc(NN)cc(N(CCO)C2CCC2)n1. The van der Waals surface area contributed by atoms with Crippen molar-refractivity contribution < 1.29 is 9.84 Å². The van der Waals surface area contributed by atoms with Gasteiger partial charge in [-0.15, -0.1) is 0 Å². The predicted molar refractivity (Wildman–Crippen MR) is 72.6 cm³/mol. The molecule has 1 aromatic heterocycles. The molecule has 1 aliphatic rings. The highest BCUT2D eigenvalue weighted by Gasteiger charge is 2.26. The summed E-state index contributed by atoms with van der Waals surface area (Å²) in [6.07, 6.45) is 3.49. The standard InChI is InChI=1S/C12H21N5O2/c1-19-8-11-14-10(16-13)7-12(15-11)17(5-6-18)9-3-2-4-9/h7,9,18H,2-6,8,13H2,1H3,(H,14,15,16). The molecule has 4 N–H and O–H groups in total. The van der Waals surface area contributed by atoms with E-state index in [1.165, 1.54) is 6.42 Å². The number of hydrogen-bond donors (Lipinski definition) is 3. The number of hydrazine groups is 1. The summed E-state index contributed by atoms with van der Waals surface area (Å²) in [6, 6.07) is 2.25. The Morgan fingerprint density at radius 3 is 2.84 bits per heavy atom. The lowest BCUT2D eigenvalue weighted by Crippen LogP contribution is -2.42. The molecular weight excluding hydrogens is 246 g/mol. The van der Waals surface area contributed by atoms with Crippen molar-refractivity contribution in [2.75, 3.05) is 30.6 Å². The van der Waals surface area contributed by atoms with Crippen LogP contribution in [0.15, 0.2) is 6.07 Å². The van der Waals surface area contributed by atoms with Gasteiger partial charge < -0.3 is 20.2 Å². The molecule has 0 amide bonds. The number of nitrogens with zero attached hydrogens (tertiary/aromatic N) is 3. The maximum Gasteiger partial charge on any atom is 0.158 e. The minimum Gasteiger partial charge on any atom is -0.395 e. The van der Waals surface area contributed by atoms with Crippen LogP contribution in [0.4, 0.5) is 11.6 Å². The van der Waals surface area contributed by atoms with Gasteiger partial charge >= 0.3 is 0 Å². The van der Waals surface area contributed by atoms with Gasteiger partial charge in [-0.25, -0.2) is 15.8 Å². The fourth-order valence-electron chi connectivity index (χ4n) is 2.19. The maximum atomic E-state index is 9.22. The van der Waals surface area contributed by atoms with Crippen LogP contribution in [0, 0.1) is 0 Å². The van der Waals surface area contributed by atoms with E-state index < -0.39 is 0 Å². The molecule has 1 heterocycles. The number of aliphatic hydroxyl groups is 1. The van der Waals surface area contributed by atoms with Gasteiger partial charge in [-0.3, -0.25) is 0 Å². The highest BCUT2D eigenvalue weighted by atomic mass is 16.5. The van der Waals surface area contributed by atoms with Gasteiger partial charge in [0.15, 0.2) is 5.82 Å². The number of aliphatic hydroxyl groups excluding tert-OH is 1. The molecule has 0 aromatic carbocycles. The normalized spacial score (nSPS) is 15.1. The second-order valence-corrected chi connectivity index (χ2v) is 4.61. The average Bonchev–Trinajstić information content (AvgIpc) is 2.36. The van der Waals surface area contributed by atoms with E-state index in [0.29, 0.717) is 30.8 Å². The molecular formula is C12H21N5O2. The van der Waals surface area contributed by atoms with Crippen molar-refractivity contribution in [1.29, 1.82) is 0 Å². The number of anilines is 2. The third-order valence-corrected chi connectivity index (χ3v) is 3.33. The van der Waals surface area contributed by atoms with Crippen molar-refractivity contribution in [1.82, 2.24) is 9.97 Å². The van der Waals surface area contributed by atoms with Gasteiger partial charge in [0.1, 0.15) is 18.2 Å². The molecule has 7 heteroatoms. The minimum absolute atomic E-state index is 0.103. The molecule has 0 aliphatic heterocycles. The lowest BCUT2D eigenvalue weighted by Gasteiger charge is -2.38. The topological polar surface area (TPSA) is 96.5 Å². The van der Waals surface area contributed by atoms with Gasteiger partial charge in [0.25, 0.3) is 0 Å². The number of nitrogen functional groups attached to an aromatic ring is 1. The molecule has 0 atom stereocenters. The molecule has 1 aromatic rings. The molecule has 1 aliphatic carbocycles. The first-order chi connectivity index (χ1) is 9.28. The Morgan fingerprint density at radius 1 is 1.53 bits per heavy atom. The van der Waals surface area contributed by atoms with E-state index in [1.54, 1.807) is 13.2 Å². The Morgan fingerprint density at radius 2 is 2.32 bits per heavy atom. The van der Waals surface area contributed by atoms with E-state index >= 15 is 0 Å². The Bertz CT molecular complexity index is 411. The first-order valence-electron chi connectivity index (χ1n) is 6.49. The monoisotopic (exact) mass is 267 g/mol. The minimum atomic E-state index is 0.103. The summed E-state index contributed by atoms with van der Waals surface area (Å²) >= 11 is 0. The molecule has 106 valence electrons. The zero-order valence-corrected chi connectivity index (χ0v) is 11.2. The number of hydrogen-bond acceptors (Lipinski definition) is 7. The summed E-state index contributed by atoms with van der Waals surface area (Å²) in [5, 5.41) is 9.22. The Labute approximate surface area is 112 Å². The Hall–Kier alpha value is -1.44. The van der Waals surface area contributed by atoms with Gasteiger partial charge in [-0.1, -0.05) is 0 Å². The molecule has 0 bridgehead atoms. The number of methoxy groups -OCH3 is 1. The molecule has 0 saturated heterocycles. The highest BCUT2D eigenvalue weighted by Crippen LogP contribution is 2.29. The molecule has 0 unspecified atom stereocenters. The smallest absolute Gasteiger partial charge is 0.158 e. The summed E-state index contributed by atoms with van der Waals surface area (Å²) in [7, 11) is 1.60. The zero-order chi connectivity index (χ0) is 13.7. The fourth-order valence-corrected chi connectivity index (χ4v) is 2.19. The lowest BCUT2D eigenvalue weighted by molar-refractivity contribution is 0.178.